The van der Waals surface area contributed by atoms with Crippen LogP contribution in [0.4, 0.5) is 4.79 Å². The molecule has 0 aliphatic heterocycles. The van der Waals surface area contributed by atoms with Crippen LogP contribution in [0.5, 0.6) is 5.75 Å². The lowest BCUT2D eigenvalue weighted by Crippen LogP contribution is -2.25. The minimum absolute atomic E-state index is 0.244. The molecule has 0 aliphatic carbocycles. The second-order valence-corrected chi connectivity index (χ2v) is 5.20. The van der Waals surface area contributed by atoms with E-state index in [1.54, 1.807) is 23.1 Å². The summed E-state index contributed by atoms with van der Waals surface area (Å²) in [6, 6.07) is 15.1. The Kier molecular flexibility index (Phi) is 3.80. The van der Waals surface area contributed by atoms with E-state index in [1.807, 2.05) is 42.5 Å². The first kappa shape index (κ1) is 14.8. The van der Waals surface area contributed by atoms with E-state index in [1.165, 1.54) is 12.4 Å². The summed E-state index contributed by atoms with van der Waals surface area (Å²) < 4.78 is 6.81. The fourth-order valence-electron chi connectivity index (χ4n) is 2.40. The minimum Gasteiger partial charge on any atom is -0.406 e. The molecule has 122 valence electrons. The predicted octanol–water partition coefficient (Wildman–Crippen LogP) is 3.24. The number of aromatic nitrogens is 4. The summed E-state index contributed by atoms with van der Waals surface area (Å²) >= 11 is 0. The van der Waals surface area contributed by atoms with Crippen LogP contribution in [0.1, 0.15) is 0 Å². The lowest BCUT2D eigenvalue weighted by molar-refractivity contribution is 0.211. The van der Waals surface area contributed by atoms with Gasteiger partial charge in [-0.1, -0.05) is 24.3 Å². The van der Waals surface area contributed by atoms with Gasteiger partial charge in [-0.3, -0.25) is 9.66 Å². The van der Waals surface area contributed by atoms with Gasteiger partial charge in [-0.05, 0) is 24.3 Å². The van der Waals surface area contributed by atoms with E-state index in [2.05, 4.69) is 20.4 Å². The molecule has 1 amide bonds. The zero-order valence-electron chi connectivity index (χ0n) is 13.0. The summed E-state index contributed by atoms with van der Waals surface area (Å²) in [5.41, 5.74) is 4.17. The lowest BCUT2D eigenvalue weighted by atomic mass is 10.3. The van der Waals surface area contributed by atoms with Gasteiger partial charge in [0.25, 0.3) is 0 Å². The van der Waals surface area contributed by atoms with Gasteiger partial charge in [-0.25, -0.2) is 20.2 Å². The zero-order valence-corrected chi connectivity index (χ0v) is 13.0. The van der Waals surface area contributed by atoms with Crippen LogP contribution in [-0.2, 0) is 0 Å². The highest BCUT2D eigenvalue weighted by molar-refractivity contribution is 5.84. The first-order chi connectivity index (χ1) is 12.3. The molecule has 0 atom stereocenters. The molecular weight excluding hydrogens is 318 g/mol. The molecule has 0 unspecified atom stereocenters. The number of ether oxygens (including phenoxy) is 1. The summed E-state index contributed by atoms with van der Waals surface area (Å²) in [6.07, 6.45) is 5.66. The van der Waals surface area contributed by atoms with E-state index in [-0.39, 0.29) is 5.75 Å². The van der Waals surface area contributed by atoms with Gasteiger partial charge < -0.3 is 4.74 Å². The van der Waals surface area contributed by atoms with E-state index in [9.17, 15) is 4.79 Å². The molecule has 4 aromatic rings. The van der Waals surface area contributed by atoms with Crippen LogP contribution in [-0.4, -0.2) is 25.7 Å². The Morgan fingerprint density at radius 2 is 1.76 bits per heavy atom. The van der Waals surface area contributed by atoms with Crippen LogP contribution in [0.15, 0.2) is 73.3 Å². The Morgan fingerprint density at radius 3 is 2.56 bits per heavy atom. The van der Waals surface area contributed by atoms with Crippen LogP contribution in [0.25, 0.3) is 22.4 Å². The number of nitrogens with one attached hydrogen (secondary N) is 1. The standard InChI is InChI=1S/C18H13N5O2/c24-18(22-23-10-8-13-5-1-2-7-16(13)23)25-14-11-20-17(21-12-14)15-6-3-4-9-19-15/h1-12H,(H,22,24). The number of carbonyl (C=O) groups is 1. The first-order valence-electron chi connectivity index (χ1n) is 7.58. The molecule has 25 heavy (non-hydrogen) atoms. The topological polar surface area (TPSA) is 81.9 Å². The predicted molar refractivity (Wildman–Crippen MR) is 92.6 cm³/mol. The summed E-state index contributed by atoms with van der Waals surface area (Å²) in [5, 5.41) is 1.02. The highest BCUT2D eigenvalue weighted by Gasteiger charge is 2.09. The Bertz CT molecular complexity index is 1010. The van der Waals surface area contributed by atoms with Crippen molar-refractivity contribution in [2.45, 2.75) is 0 Å². The summed E-state index contributed by atoms with van der Waals surface area (Å²) in [4.78, 5) is 24.6. The number of para-hydroxylation sites is 1. The molecule has 1 aromatic carbocycles. The quantitative estimate of drug-likeness (QED) is 0.623. The molecule has 7 nitrogen and oxygen atoms in total. The lowest BCUT2D eigenvalue weighted by Gasteiger charge is -2.08. The molecular formula is C18H13N5O2. The Morgan fingerprint density at radius 1 is 0.960 bits per heavy atom. The first-order valence-corrected chi connectivity index (χ1v) is 7.58. The Balaban J connectivity index is 1.46. The monoisotopic (exact) mass is 331 g/mol. The third kappa shape index (κ3) is 3.16. The van der Waals surface area contributed by atoms with Crippen molar-refractivity contribution >= 4 is 17.0 Å². The number of hydrogen-bond acceptors (Lipinski definition) is 5. The fourth-order valence-corrected chi connectivity index (χ4v) is 2.40. The maximum atomic E-state index is 12.1. The number of amides is 1. The van der Waals surface area contributed by atoms with Crippen LogP contribution in [0, 0.1) is 0 Å². The second-order valence-electron chi connectivity index (χ2n) is 5.20. The van der Waals surface area contributed by atoms with Gasteiger partial charge in [0.2, 0.25) is 0 Å². The smallest absolute Gasteiger partial charge is 0.406 e. The number of carbonyl (C=O) groups excluding carboxylic acids is 1. The van der Waals surface area contributed by atoms with Gasteiger partial charge in [-0.15, -0.1) is 0 Å². The molecule has 0 saturated heterocycles. The van der Waals surface area contributed by atoms with Gasteiger partial charge >= 0.3 is 6.09 Å². The number of pyridine rings is 1. The van der Waals surface area contributed by atoms with E-state index < -0.39 is 6.09 Å². The molecule has 7 heteroatoms. The largest absolute Gasteiger partial charge is 0.432 e. The van der Waals surface area contributed by atoms with Gasteiger partial charge in [0, 0.05) is 17.8 Å². The Labute approximate surface area is 142 Å². The molecule has 3 aromatic heterocycles. The van der Waals surface area contributed by atoms with E-state index in [0.29, 0.717) is 11.5 Å². The van der Waals surface area contributed by atoms with Crippen molar-refractivity contribution in [2.75, 3.05) is 5.43 Å². The molecule has 0 bridgehead atoms. The number of nitrogens with zero attached hydrogens (tertiary/aromatic N) is 4. The summed E-state index contributed by atoms with van der Waals surface area (Å²) in [5.74, 6) is 0.707. The average Bonchev–Trinajstić information content (AvgIpc) is 3.06. The normalized spacial score (nSPS) is 10.6. The van der Waals surface area contributed by atoms with Crippen LogP contribution in [0.2, 0.25) is 0 Å². The number of fused-ring (bicyclic) bond motifs is 1. The third-order valence-electron chi connectivity index (χ3n) is 3.54. The molecule has 0 spiro atoms. The van der Waals surface area contributed by atoms with Crippen molar-refractivity contribution in [1.82, 2.24) is 19.6 Å². The minimum atomic E-state index is -0.629. The molecule has 0 aliphatic rings. The van der Waals surface area contributed by atoms with Crippen molar-refractivity contribution in [3.8, 4) is 17.3 Å². The van der Waals surface area contributed by atoms with Crippen molar-refractivity contribution in [3.63, 3.8) is 0 Å². The maximum absolute atomic E-state index is 12.1. The van der Waals surface area contributed by atoms with Crippen LogP contribution in [0.3, 0.4) is 0 Å². The SMILES string of the molecule is O=C(Nn1ccc2ccccc21)Oc1cnc(-c2ccccn2)nc1. The highest BCUT2D eigenvalue weighted by Crippen LogP contribution is 2.15. The van der Waals surface area contributed by atoms with E-state index in [0.717, 1.165) is 10.9 Å². The summed E-state index contributed by atoms with van der Waals surface area (Å²) in [6.45, 7) is 0. The Hall–Kier alpha value is -3.74. The zero-order chi connectivity index (χ0) is 17.1. The molecule has 0 saturated carbocycles. The molecule has 0 fully saturated rings. The number of hydrogen-bond donors (Lipinski definition) is 1. The van der Waals surface area contributed by atoms with Gasteiger partial charge in [0.15, 0.2) is 11.6 Å². The van der Waals surface area contributed by atoms with Crippen molar-refractivity contribution in [2.24, 2.45) is 0 Å². The van der Waals surface area contributed by atoms with Gasteiger partial charge in [0.1, 0.15) is 5.69 Å². The summed E-state index contributed by atoms with van der Waals surface area (Å²) in [7, 11) is 0. The maximum Gasteiger partial charge on any atom is 0.432 e. The second kappa shape index (κ2) is 6.40. The van der Waals surface area contributed by atoms with E-state index >= 15 is 0 Å². The molecule has 4 rings (SSSR count). The van der Waals surface area contributed by atoms with E-state index in [4.69, 9.17) is 4.74 Å². The van der Waals surface area contributed by atoms with Gasteiger partial charge in [0.05, 0.1) is 17.9 Å². The highest BCUT2D eigenvalue weighted by atomic mass is 16.6. The van der Waals surface area contributed by atoms with Gasteiger partial charge in [-0.2, -0.15) is 0 Å². The van der Waals surface area contributed by atoms with Crippen molar-refractivity contribution < 1.29 is 9.53 Å². The van der Waals surface area contributed by atoms with Crippen molar-refractivity contribution in [3.05, 3.63) is 73.3 Å². The van der Waals surface area contributed by atoms with Crippen LogP contribution < -0.4 is 10.2 Å². The molecule has 0 radical (unpaired) electrons. The number of benzene rings is 1. The fraction of sp³-hybridized carbons (Fsp3) is 0. The number of rotatable bonds is 3. The van der Waals surface area contributed by atoms with Crippen LogP contribution >= 0.6 is 0 Å². The third-order valence-corrected chi connectivity index (χ3v) is 3.54. The van der Waals surface area contributed by atoms with Crippen molar-refractivity contribution in [1.29, 1.82) is 0 Å². The average molecular weight is 331 g/mol. The molecule has 1 N–H and O–H groups in total. The molecule has 3 heterocycles.